The van der Waals surface area contributed by atoms with Crippen molar-refractivity contribution in [1.82, 2.24) is 24.7 Å². The first-order valence-corrected chi connectivity index (χ1v) is 10.7. The second-order valence-electron chi connectivity index (χ2n) is 7.75. The topological polar surface area (TPSA) is 121 Å². The van der Waals surface area contributed by atoms with Gasteiger partial charge in [-0.05, 0) is 19.3 Å². The Morgan fingerprint density at radius 1 is 1.25 bits per heavy atom. The van der Waals surface area contributed by atoms with E-state index in [2.05, 4.69) is 19.7 Å². The number of aryl methyl sites for hydroxylation is 1. The van der Waals surface area contributed by atoms with Crippen LogP contribution >= 0.6 is 0 Å². The standard InChI is InChI=1S/C23H24N6O3/c1-2-18(21(24)30)32-16-11-17-20-19(12-16)31-10-4-3-9-29(20)23(27-17)15-7-5-14(6-8-15)22-25-13-26-28-22/h5-8,11-13,18H,2-4,9-10H2,1H3,(H2,24,30)(H,25,26,28)/t18-/m1/s1. The van der Waals surface area contributed by atoms with Crippen LogP contribution in [0.1, 0.15) is 26.2 Å². The number of nitrogens with two attached hydrogens (primary N) is 1. The fourth-order valence-electron chi connectivity index (χ4n) is 4.00. The zero-order valence-electron chi connectivity index (χ0n) is 17.7. The number of imidazole rings is 1. The van der Waals surface area contributed by atoms with Gasteiger partial charge in [0.15, 0.2) is 11.9 Å². The second kappa shape index (κ2) is 8.33. The molecule has 32 heavy (non-hydrogen) atoms. The number of ether oxygens (including phenoxy) is 2. The van der Waals surface area contributed by atoms with E-state index >= 15 is 0 Å². The van der Waals surface area contributed by atoms with Crippen molar-refractivity contribution in [2.75, 3.05) is 6.61 Å². The number of aromatic nitrogens is 5. The van der Waals surface area contributed by atoms with E-state index in [0.717, 1.165) is 47.4 Å². The van der Waals surface area contributed by atoms with Gasteiger partial charge < -0.3 is 19.8 Å². The van der Waals surface area contributed by atoms with Crippen LogP contribution < -0.4 is 15.2 Å². The molecular weight excluding hydrogens is 408 g/mol. The van der Waals surface area contributed by atoms with Gasteiger partial charge in [0.05, 0.1) is 12.1 Å². The Kier molecular flexibility index (Phi) is 5.22. The number of primary amides is 1. The summed E-state index contributed by atoms with van der Waals surface area (Å²) in [5.41, 5.74) is 9.06. The van der Waals surface area contributed by atoms with Crippen LogP contribution in [0.2, 0.25) is 0 Å². The van der Waals surface area contributed by atoms with Gasteiger partial charge in [-0.25, -0.2) is 9.97 Å². The summed E-state index contributed by atoms with van der Waals surface area (Å²) in [5, 5.41) is 6.87. The average Bonchev–Trinajstić information content (AvgIpc) is 3.43. The number of hydrogen-bond donors (Lipinski definition) is 2. The van der Waals surface area contributed by atoms with E-state index in [-0.39, 0.29) is 0 Å². The minimum atomic E-state index is -0.696. The van der Waals surface area contributed by atoms with E-state index in [9.17, 15) is 4.79 Å². The van der Waals surface area contributed by atoms with Crippen LogP contribution in [0.5, 0.6) is 11.5 Å². The van der Waals surface area contributed by atoms with Crippen LogP contribution in [0, 0.1) is 0 Å². The van der Waals surface area contributed by atoms with Gasteiger partial charge in [-0.1, -0.05) is 31.2 Å². The fourth-order valence-corrected chi connectivity index (χ4v) is 4.00. The molecule has 164 valence electrons. The summed E-state index contributed by atoms with van der Waals surface area (Å²) in [6, 6.07) is 11.7. The molecule has 1 aliphatic rings. The van der Waals surface area contributed by atoms with Crippen molar-refractivity contribution in [2.24, 2.45) is 5.73 Å². The smallest absolute Gasteiger partial charge is 0.258 e. The highest BCUT2D eigenvalue weighted by molar-refractivity contribution is 5.88. The molecule has 1 amide bonds. The molecule has 3 heterocycles. The third-order valence-electron chi connectivity index (χ3n) is 5.60. The number of H-pyrrole nitrogens is 1. The highest BCUT2D eigenvalue weighted by Crippen LogP contribution is 2.37. The first-order valence-electron chi connectivity index (χ1n) is 10.7. The SMILES string of the molecule is CC[C@@H](Oc1cc2c3c(c1)nc(-c1ccc(-c4nc[nH]n4)cc1)n3CCCCO2)C(N)=O. The predicted molar refractivity (Wildman–Crippen MR) is 119 cm³/mol. The number of benzene rings is 2. The third-order valence-corrected chi connectivity index (χ3v) is 5.60. The largest absolute Gasteiger partial charge is 0.491 e. The van der Waals surface area contributed by atoms with Crippen molar-refractivity contribution in [3.8, 4) is 34.3 Å². The molecule has 2 aromatic heterocycles. The molecule has 0 saturated heterocycles. The number of nitrogens with zero attached hydrogens (tertiary/aromatic N) is 4. The van der Waals surface area contributed by atoms with Crippen LogP contribution in [0.3, 0.4) is 0 Å². The lowest BCUT2D eigenvalue weighted by molar-refractivity contribution is -0.124. The Labute approximate surface area is 184 Å². The Morgan fingerprint density at radius 3 is 2.78 bits per heavy atom. The lowest BCUT2D eigenvalue weighted by Gasteiger charge is -2.18. The van der Waals surface area contributed by atoms with Gasteiger partial charge in [0.2, 0.25) is 0 Å². The maximum atomic E-state index is 11.7. The normalized spacial score (nSPS) is 14.4. The molecule has 1 aliphatic heterocycles. The molecule has 0 spiro atoms. The van der Waals surface area contributed by atoms with Crippen molar-refractivity contribution in [1.29, 1.82) is 0 Å². The zero-order chi connectivity index (χ0) is 22.1. The Hall–Kier alpha value is -3.88. The summed E-state index contributed by atoms with van der Waals surface area (Å²) in [4.78, 5) is 20.8. The maximum Gasteiger partial charge on any atom is 0.258 e. The highest BCUT2D eigenvalue weighted by Gasteiger charge is 2.22. The van der Waals surface area contributed by atoms with E-state index in [0.29, 0.717) is 30.4 Å². The lowest BCUT2D eigenvalue weighted by Crippen LogP contribution is -2.32. The molecule has 5 rings (SSSR count). The molecule has 0 unspecified atom stereocenters. The molecule has 3 N–H and O–H groups in total. The van der Waals surface area contributed by atoms with Gasteiger partial charge in [0, 0.05) is 29.8 Å². The van der Waals surface area contributed by atoms with Gasteiger partial charge in [0.25, 0.3) is 5.91 Å². The Morgan fingerprint density at radius 2 is 2.06 bits per heavy atom. The van der Waals surface area contributed by atoms with Gasteiger partial charge in [-0.2, -0.15) is 5.10 Å². The van der Waals surface area contributed by atoms with Gasteiger partial charge in [-0.15, -0.1) is 0 Å². The Bertz CT molecular complexity index is 1250. The number of nitrogens with one attached hydrogen (secondary N) is 1. The molecule has 0 radical (unpaired) electrons. The molecule has 1 atom stereocenters. The molecule has 0 aliphatic carbocycles. The number of aromatic amines is 1. The maximum absolute atomic E-state index is 11.7. The molecule has 0 fully saturated rings. The minimum Gasteiger partial charge on any atom is -0.491 e. The molecular formula is C23H24N6O3. The third kappa shape index (κ3) is 3.66. The number of carbonyl (C=O) groups is 1. The quantitative estimate of drug-likeness (QED) is 0.482. The summed E-state index contributed by atoms with van der Waals surface area (Å²) in [5.74, 6) is 2.24. The van der Waals surface area contributed by atoms with Gasteiger partial charge in [0.1, 0.15) is 29.2 Å². The van der Waals surface area contributed by atoms with Gasteiger partial charge >= 0.3 is 0 Å². The number of hydrogen-bond acceptors (Lipinski definition) is 6. The van der Waals surface area contributed by atoms with Crippen LogP contribution in [0.15, 0.2) is 42.7 Å². The Balaban J connectivity index is 1.59. The minimum absolute atomic E-state index is 0.487. The number of amides is 1. The van der Waals surface area contributed by atoms with Crippen LogP contribution in [-0.4, -0.2) is 43.4 Å². The fraction of sp³-hybridized carbons (Fsp3) is 0.304. The average molecular weight is 432 g/mol. The van der Waals surface area contributed by atoms with E-state index in [1.165, 1.54) is 0 Å². The summed E-state index contributed by atoms with van der Waals surface area (Å²) >= 11 is 0. The molecule has 9 nitrogen and oxygen atoms in total. The number of rotatable bonds is 6. The van der Waals surface area contributed by atoms with E-state index in [1.54, 1.807) is 6.33 Å². The first-order chi connectivity index (χ1) is 15.6. The van der Waals surface area contributed by atoms with E-state index in [1.807, 2.05) is 43.3 Å². The lowest BCUT2D eigenvalue weighted by atomic mass is 10.1. The van der Waals surface area contributed by atoms with Gasteiger partial charge in [-0.3, -0.25) is 9.89 Å². The van der Waals surface area contributed by atoms with Crippen molar-refractivity contribution in [3.63, 3.8) is 0 Å². The van der Waals surface area contributed by atoms with E-state index in [4.69, 9.17) is 20.2 Å². The second-order valence-corrected chi connectivity index (χ2v) is 7.75. The van der Waals surface area contributed by atoms with Crippen molar-refractivity contribution in [2.45, 2.75) is 38.8 Å². The highest BCUT2D eigenvalue weighted by atomic mass is 16.5. The van der Waals surface area contributed by atoms with Crippen molar-refractivity contribution >= 4 is 16.9 Å². The van der Waals surface area contributed by atoms with Crippen molar-refractivity contribution < 1.29 is 14.3 Å². The summed E-state index contributed by atoms with van der Waals surface area (Å²) < 4.78 is 14.1. The summed E-state index contributed by atoms with van der Waals surface area (Å²) in [7, 11) is 0. The predicted octanol–water partition coefficient (Wildman–Crippen LogP) is 3.30. The summed E-state index contributed by atoms with van der Waals surface area (Å²) in [6.07, 6.45) is 3.28. The van der Waals surface area contributed by atoms with E-state index < -0.39 is 12.0 Å². The van der Waals surface area contributed by atoms with Crippen LogP contribution in [0.25, 0.3) is 33.8 Å². The molecule has 0 saturated carbocycles. The summed E-state index contributed by atoms with van der Waals surface area (Å²) in [6.45, 7) is 3.32. The zero-order valence-corrected chi connectivity index (χ0v) is 17.7. The monoisotopic (exact) mass is 432 g/mol. The molecule has 2 aromatic carbocycles. The number of carbonyl (C=O) groups excluding carboxylic acids is 1. The van der Waals surface area contributed by atoms with Crippen molar-refractivity contribution in [3.05, 3.63) is 42.7 Å². The van der Waals surface area contributed by atoms with Crippen LogP contribution in [-0.2, 0) is 11.3 Å². The molecule has 0 bridgehead atoms. The van der Waals surface area contributed by atoms with Crippen LogP contribution in [0.4, 0.5) is 0 Å². The molecule has 4 aromatic rings. The first kappa shape index (κ1) is 20.0. The molecule has 9 heteroatoms.